The first-order valence-electron chi connectivity index (χ1n) is 4.15. The van der Waals surface area contributed by atoms with Crippen LogP contribution in [0.25, 0.3) is 0 Å². The Balaban J connectivity index is 2.83. The van der Waals surface area contributed by atoms with Crippen LogP contribution in [-0.4, -0.2) is 11.3 Å². The fourth-order valence-corrected chi connectivity index (χ4v) is 1.02. The molecule has 0 saturated heterocycles. The number of thiocarbonyl (C=S) groups is 1. The fraction of sp³-hybridized carbons (Fsp3) is 0.111. The summed E-state index contributed by atoms with van der Waals surface area (Å²) in [6.45, 7) is 0. The normalized spacial score (nSPS) is 11.7. The van der Waals surface area contributed by atoms with E-state index in [0.717, 1.165) is 12.1 Å². The lowest BCUT2D eigenvalue weighted by Gasteiger charge is -2.06. The van der Waals surface area contributed by atoms with Gasteiger partial charge in [0.1, 0.15) is 0 Å². The lowest BCUT2D eigenvalue weighted by atomic mass is 10.1. The van der Waals surface area contributed by atoms with Gasteiger partial charge < -0.3 is 5.73 Å². The third-order valence-corrected chi connectivity index (χ3v) is 1.69. The molecule has 0 fully saturated rings. The van der Waals surface area contributed by atoms with Gasteiger partial charge in [0.15, 0.2) is 5.11 Å². The maximum Gasteiger partial charge on any atom is 0.416 e. The molecule has 1 rings (SSSR count). The van der Waals surface area contributed by atoms with E-state index in [0.29, 0.717) is 5.56 Å². The highest BCUT2D eigenvalue weighted by atomic mass is 32.1. The third kappa shape index (κ3) is 3.85. The van der Waals surface area contributed by atoms with Crippen LogP contribution >= 0.6 is 12.2 Å². The summed E-state index contributed by atoms with van der Waals surface area (Å²) in [6.07, 6.45) is -3.16. The van der Waals surface area contributed by atoms with Gasteiger partial charge in [-0.25, -0.2) is 0 Å². The van der Waals surface area contributed by atoms with Crippen LogP contribution in [0.3, 0.4) is 0 Å². The van der Waals surface area contributed by atoms with Crippen LogP contribution in [0.2, 0.25) is 0 Å². The van der Waals surface area contributed by atoms with E-state index >= 15 is 0 Å². The molecule has 0 amide bonds. The van der Waals surface area contributed by atoms with Crippen molar-refractivity contribution in [2.24, 2.45) is 10.8 Å². The van der Waals surface area contributed by atoms with Crippen LogP contribution < -0.4 is 11.2 Å². The SMILES string of the molecule is NC(=S)N/N=C/c1cccc(C(F)(F)F)c1. The van der Waals surface area contributed by atoms with Gasteiger partial charge in [-0.15, -0.1) is 0 Å². The zero-order chi connectivity index (χ0) is 12.2. The number of hydrazone groups is 1. The number of hydrogen-bond donors (Lipinski definition) is 2. The molecule has 0 saturated carbocycles. The molecule has 7 heteroatoms. The zero-order valence-electron chi connectivity index (χ0n) is 7.95. The van der Waals surface area contributed by atoms with Crippen molar-refractivity contribution in [3.63, 3.8) is 0 Å². The van der Waals surface area contributed by atoms with Crippen molar-refractivity contribution in [1.29, 1.82) is 0 Å². The van der Waals surface area contributed by atoms with Gasteiger partial charge in [0.25, 0.3) is 0 Å². The second-order valence-corrected chi connectivity index (χ2v) is 3.30. The number of benzene rings is 1. The van der Waals surface area contributed by atoms with Crippen LogP contribution in [0.4, 0.5) is 13.2 Å². The highest BCUT2D eigenvalue weighted by molar-refractivity contribution is 7.80. The van der Waals surface area contributed by atoms with Gasteiger partial charge in [0.2, 0.25) is 0 Å². The van der Waals surface area contributed by atoms with Crippen LogP contribution in [-0.2, 0) is 6.18 Å². The molecule has 0 aromatic heterocycles. The molecule has 3 nitrogen and oxygen atoms in total. The minimum Gasteiger partial charge on any atom is -0.375 e. The smallest absolute Gasteiger partial charge is 0.375 e. The minimum absolute atomic E-state index is 0.0526. The lowest BCUT2D eigenvalue weighted by molar-refractivity contribution is -0.137. The van der Waals surface area contributed by atoms with E-state index in [1.54, 1.807) is 0 Å². The average molecular weight is 247 g/mol. The molecule has 1 aromatic carbocycles. The second kappa shape index (κ2) is 4.93. The molecular formula is C9H8F3N3S. The molecule has 0 atom stereocenters. The number of rotatable bonds is 2. The van der Waals surface area contributed by atoms with Gasteiger partial charge >= 0.3 is 6.18 Å². The minimum atomic E-state index is -4.36. The summed E-state index contributed by atoms with van der Waals surface area (Å²) in [5, 5.41) is 3.50. The van der Waals surface area contributed by atoms with Crippen LogP contribution in [0, 0.1) is 0 Å². The molecule has 0 aliphatic carbocycles. The molecule has 86 valence electrons. The van der Waals surface area contributed by atoms with Gasteiger partial charge in [0.05, 0.1) is 11.8 Å². The van der Waals surface area contributed by atoms with E-state index in [1.807, 2.05) is 0 Å². The summed E-state index contributed by atoms with van der Waals surface area (Å²) < 4.78 is 37.0. The summed E-state index contributed by atoms with van der Waals surface area (Å²) in [7, 11) is 0. The monoisotopic (exact) mass is 247 g/mol. The molecule has 0 aliphatic rings. The lowest BCUT2D eigenvalue weighted by Crippen LogP contribution is -2.24. The summed E-state index contributed by atoms with van der Waals surface area (Å²) in [5.74, 6) is 0. The van der Waals surface area contributed by atoms with Gasteiger partial charge in [-0.2, -0.15) is 18.3 Å². The standard InChI is InChI=1S/C9H8F3N3S/c10-9(11,12)7-3-1-2-6(4-7)5-14-15-8(13)16/h1-5H,(H3,13,15,16)/b14-5+. The number of hydrogen-bond acceptors (Lipinski definition) is 2. The first-order valence-corrected chi connectivity index (χ1v) is 4.56. The Hall–Kier alpha value is -1.63. The predicted molar refractivity (Wildman–Crippen MR) is 59.0 cm³/mol. The molecule has 1 aromatic rings. The summed E-state index contributed by atoms with van der Waals surface area (Å²) in [4.78, 5) is 0. The van der Waals surface area contributed by atoms with Crippen LogP contribution in [0.15, 0.2) is 29.4 Å². The van der Waals surface area contributed by atoms with Crippen molar-refractivity contribution in [3.8, 4) is 0 Å². The molecule has 16 heavy (non-hydrogen) atoms. The molecule has 3 N–H and O–H groups in total. The Kier molecular flexibility index (Phi) is 3.83. The van der Waals surface area contributed by atoms with Crippen molar-refractivity contribution in [2.75, 3.05) is 0 Å². The van der Waals surface area contributed by atoms with E-state index < -0.39 is 11.7 Å². The molecule has 0 bridgehead atoms. The highest BCUT2D eigenvalue weighted by Crippen LogP contribution is 2.29. The summed E-state index contributed by atoms with van der Waals surface area (Å²) >= 11 is 4.47. The quantitative estimate of drug-likeness (QED) is 0.476. The van der Waals surface area contributed by atoms with Gasteiger partial charge in [-0.05, 0) is 29.9 Å². The van der Waals surface area contributed by atoms with E-state index in [-0.39, 0.29) is 5.11 Å². The van der Waals surface area contributed by atoms with Crippen molar-refractivity contribution < 1.29 is 13.2 Å². The first kappa shape index (κ1) is 12.4. The molecular weight excluding hydrogens is 239 g/mol. The summed E-state index contributed by atoms with van der Waals surface area (Å²) in [6, 6.07) is 4.74. The highest BCUT2D eigenvalue weighted by Gasteiger charge is 2.30. The predicted octanol–water partition coefficient (Wildman–Crippen LogP) is 1.87. The fourth-order valence-electron chi connectivity index (χ4n) is 0.966. The van der Waals surface area contributed by atoms with E-state index in [2.05, 4.69) is 22.7 Å². The van der Waals surface area contributed by atoms with Gasteiger partial charge in [0, 0.05) is 0 Å². The Morgan fingerprint density at radius 2 is 2.12 bits per heavy atom. The van der Waals surface area contributed by atoms with Crippen LogP contribution in [0.1, 0.15) is 11.1 Å². The van der Waals surface area contributed by atoms with Crippen molar-refractivity contribution in [1.82, 2.24) is 5.43 Å². The molecule has 0 aliphatic heterocycles. The Morgan fingerprint density at radius 3 is 2.69 bits per heavy atom. The maximum atomic E-state index is 12.3. The maximum absolute atomic E-state index is 12.3. The van der Waals surface area contributed by atoms with Gasteiger partial charge in [-0.3, -0.25) is 5.43 Å². The largest absolute Gasteiger partial charge is 0.416 e. The van der Waals surface area contributed by atoms with Gasteiger partial charge in [-0.1, -0.05) is 12.1 Å². The topological polar surface area (TPSA) is 50.4 Å². The van der Waals surface area contributed by atoms with E-state index in [4.69, 9.17) is 5.73 Å². The zero-order valence-corrected chi connectivity index (χ0v) is 8.77. The molecule has 0 radical (unpaired) electrons. The van der Waals surface area contributed by atoms with Crippen LogP contribution in [0.5, 0.6) is 0 Å². The first-order chi connectivity index (χ1) is 7.39. The van der Waals surface area contributed by atoms with Crippen molar-refractivity contribution in [3.05, 3.63) is 35.4 Å². The number of nitrogens with zero attached hydrogens (tertiary/aromatic N) is 1. The average Bonchev–Trinajstić information content (AvgIpc) is 2.16. The number of alkyl halides is 3. The summed E-state index contributed by atoms with van der Waals surface area (Å²) in [5.41, 5.74) is 6.91. The second-order valence-electron chi connectivity index (χ2n) is 2.86. The number of halogens is 3. The molecule has 0 heterocycles. The number of nitrogens with one attached hydrogen (secondary N) is 1. The van der Waals surface area contributed by atoms with E-state index in [9.17, 15) is 13.2 Å². The van der Waals surface area contributed by atoms with E-state index in [1.165, 1.54) is 18.3 Å². The Bertz CT molecular complexity index is 415. The third-order valence-electron chi connectivity index (χ3n) is 1.60. The number of nitrogens with two attached hydrogens (primary N) is 1. The van der Waals surface area contributed by atoms with Crippen molar-refractivity contribution in [2.45, 2.75) is 6.18 Å². The van der Waals surface area contributed by atoms with Crippen molar-refractivity contribution >= 4 is 23.5 Å². The Morgan fingerprint density at radius 1 is 1.44 bits per heavy atom. The Labute approximate surface area is 95.1 Å². The molecule has 0 spiro atoms. The molecule has 0 unspecified atom stereocenters.